The smallest absolute Gasteiger partial charge is 0.240 e. The molecule has 0 spiro atoms. The molecule has 1 amide bonds. The van der Waals surface area contributed by atoms with Crippen LogP contribution in [0.1, 0.15) is 58.7 Å². The maximum atomic E-state index is 12.1. The van der Waals surface area contributed by atoms with E-state index in [9.17, 15) is 4.79 Å². The maximum Gasteiger partial charge on any atom is 0.240 e. The average molecular weight is 276 g/mol. The van der Waals surface area contributed by atoms with Crippen LogP contribution in [0.2, 0.25) is 0 Å². The summed E-state index contributed by atoms with van der Waals surface area (Å²) in [5.74, 6) is 0.00685. The fraction of sp³-hybridized carbons (Fsp3) is 0.588. The van der Waals surface area contributed by atoms with E-state index >= 15 is 0 Å². The fourth-order valence-electron chi connectivity index (χ4n) is 1.85. The number of carbonyl (C=O) groups is 1. The highest BCUT2D eigenvalue weighted by Gasteiger charge is 2.26. The molecule has 0 fully saturated rings. The SMILES string of the molecule is CNC(C)(C)C(=O)NC(C)c1ccc(C(C)(C)C)cc1. The topological polar surface area (TPSA) is 41.1 Å². The van der Waals surface area contributed by atoms with Gasteiger partial charge in [-0.2, -0.15) is 0 Å². The minimum absolute atomic E-state index is 0.00384. The van der Waals surface area contributed by atoms with E-state index in [0.29, 0.717) is 0 Å². The van der Waals surface area contributed by atoms with Crippen LogP contribution in [0.3, 0.4) is 0 Å². The van der Waals surface area contributed by atoms with Crippen LogP contribution in [0, 0.1) is 0 Å². The zero-order valence-electron chi connectivity index (χ0n) is 13.8. The number of likely N-dealkylation sites (N-methyl/N-ethyl adjacent to an activating group) is 1. The molecule has 1 aromatic carbocycles. The molecular weight excluding hydrogens is 248 g/mol. The Kier molecular flexibility index (Phi) is 4.98. The lowest BCUT2D eigenvalue weighted by Gasteiger charge is -2.26. The minimum Gasteiger partial charge on any atom is -0.348 e. The van der Waals surface area contributed by atoms with Gasteiger partial charge >= 0.3 is 0 Å². The molecule has 20 heavy (non-hydrogen) atoms. The average Bonchev–Trinajstić information content (AvgIpc) is 2.37. The number of nitrogens with one attached hydrogen (secondary N) is 2. The van der Waals surface area contributed by atoms with Gasteiger partial charge in [-0.15, -0.1) is 0 Å². The number of hydrogen-bond donors (Lipinski definition) is 2. The summed E-state index contributed by atoms with van der Waals surface area (Å²) in [5, 5.41) is 6.06. The van der Waals surface area contributed by atoms with Crippen molar-refractivity contribution in [3.8, 4) is 0 Å². The van der Waals surface area contributed by atoms with E-state index in [4.69, 9.17) is 0 Å². The molecule has 1 unspecified atom stereocenters. The van der Waals surface area contributed by atoms with Gasteiger partial charge in [-0.3, -0.25) is 4.79 Å². The molecule has 3 nitrogen and oxygen atoms in total. The summed E-state index contributed by atoms with van der Waals surface area (Å²) >= 11 is 0. The number of carbonyl (C=O) groups excluding carboxylic acids is 1. The van der Waals surface area contributed by atoms with Crippen LogP contribution in [0.5, 0.6) is 0 Å². The van der Waals surface area contributed by atoms with Crippen molar-refractivity contribution in [1.29, 1.82) is 0 Å². The summed E-state index contributed by atoms with van der Waals surface area (Å²) in [6.07, 6.45) is 0. The summed E-state index contributed by atoms with van der Waals surface area (Å²) in [6, 6.07) is 8.47. The largest absolute Gasteiger partial charge is 0.348 e. The second-order valence-electron chi connectivity index (χ2n) is 6.94. The van der Waals surface area contributed by atoms with Crippen molar-refractivity contribution in [3.63, 3.8) is 0 Å². The van der Waals surface area contributed by atoms with E-state index in [0.717, 1.165) is 5.56 Å². The minimum atomic E-state index is -0.556. The van der Waals surface area contributed by atoms with E-state index in [1.54, 1.807) is 7.05 Å². The quantitative estimate of drug-likeness (QED) is 0.887. The number of rotatable bonds is 4. The normalized spacial score (nSPS) is 13.9. The third-order valence-corrected chi connectivity index (χ3v) is 3.82. The van der Waals surface area contributed by atoms with Crippen molar-refractivity contribution in [2.45, 2.75) is 58.5 Å². The molecule has 2 N–H and O–H groups in total. The van der Waals surface area contributed by atoms with Crippen molar-refractivity contribution in [1.82, 2.24) is 10.6 Å². The van der Waals surface area contributed by atoms with Gasteiger partial charge in [-0.05, 0) is 44.4 Å². The first kappa shape index (κ1) is 16.7. The Hall–Kier alpha value is -1.35. The van der Waals surface area contributed by atoms with Crippen molar-refractivity contribution in [2.24, 2.45) is 0 Å². The zero-order chi connectivity index (χ0) is 15.6. The first-order chi connectivity index (χ1) is 9.08. The molecule has 0 saturated heterocycles. The molecule has 1 atom stereocenters. The van der Waals surface area contributed by atoms with Crippen molar-refractivity contribution >= 4 is 5.91 Å². The highest BCUT2D eigenvalue weighted by molar-refractivity contribution is 5.85. The molecule has 1 aromatic rings. The van der Waals surface area contributed by atoms with E-state index in [2.05, 4.69) is 55.7 Å². The number of benzene rings is 1. The van der Waals surface area contributed by atoms with Gasteiger partial charge in [0.2, 0.25) is 5.91 Å². The lowest BCUT2D eigenvalue weighted by atomic mass is 9.86. The summed E-state index contributed by atoms with van der Waals surface area (Å²) in [6.45, 7) is 12.3. The Morgan fingerprint density at radius 1 is 1.05 bits per heavy atom. The van der Waals surface area contributed by atoms with Crippen molar-refractivity contribution in [2.75, 3.05) is 7.05 Å². The van der Waals surface area contributed by atoms with Crippen LogP contribution >= 0.6 is 0 Å². The molecule has 0 aromatic heterocycles. The molecule has 3 heteroatoms. The Labute approximate surface area is 123 Å². The van der Waals surface area contributed by atoms with Gasteiger partial charge < -0.3 is 10.6 Å². The van der Waals surface area contributed by atoms with E-state index in [-0.39, 0.29) is 17.4 Å². The molecule has 0 radical (unpaired) electrons. The zero-order valence-corrected chi connectivity index (χ0v) is 13.8. The van der Waals surface area contributed by atoms with Gasteiger partial charge in [-0.25, -0.2) is 0 Å². The highest BCUT2D eigenvalue weighted by Crippen LogP contribution is 2.24. The van der Waals surface area contributed by atoms with E-state index < -0.39 is 5.54 Å². The summed E-state index contributed by atoms with van der Waals surface area (Å²) in [7, 11) is 1.79. The van der Waals surface area contributed by atoms with E-state index in [1.165, 1.54) is 5.56 Å². The predicted molar refractivity (Wildman–Crippen MR) is 84.8 cm³/mol. The third kappa shape index (κ3) is 4.07. The molecule has 0 heterocycles. The Balaban J connectivity index is 2.79. The number of hydrogen-bond acceptors (Lipinski definition) is 2. The molecule has 112 valence electrons. The summed E-state index contributed by atoms with van der Waals surface area (Å²) < 4.78 is 0. The van der Waals surface area contributed by atoms with Gasteiger partial charge in [0.1, 0.15) is 0 Å². The van der Waals surface area contributed by atoms with Crippen LogP contribution < -0.4 is 10.6 Å². The summed E-state index contributed by atoms with van der Waals surface area (Å²) in [5.41, 5.74) is 2.02. The summed E-state index contributed by atoms with van der Waals surface area (Å²) in [4.78, 5) is 12.1. The standard InChI is InChI=1S/C17H28N2O/c1-12(19-15(20)17(5,6)18-7)13-8-10-14(11-9-13)16(2,3)4/h8-12,18H,1-7H3,(H,19,20). The molecule has 0 aliphatic carbocycles. The molecule has 0 saturated carbocycles. The Morgan fingerprint density at radius 2 is 1.55 bits per heavy atom. The molecule has 1 rings (SSSR count). The molecule has 0 aliphatic rings. The molecule has 0 bridgehead atoms. The van der Waals surface area contributed by atoms with E-state index in [1.807, 2.05) is 20.8 Å². The van der Waals surface area contributed by atoms with Crippen LogP contribution in [0.15, 0.2) is 24.3 Å². The second-order valence-corrected chi connectivity index (χ2v) is 6.94. The lowest BCUT2D eigenvalue weighted by molar-refractivity contribution is -0.126. The Bertz CT molecular complexity index is 455. The van der Waals surface area contributed by atoms with Crippen LogP contribution in [-0.4, -0.2) is 18.5 Å². The lowest BCUT2D eigenvalue weighted by Crippen LogP contribution is -2.51. The van der Waals surface area contributed by atoms with Gasteiger partial charge in [0, 0.05) is 0 Å². The molecular formula is C17H28N2O. The van der Waals surface area contributed by atoms with Crippen molar-refractivity contribution < 1.29 is 4.79 Å². The Morgan fingerprint density at radius 3 is 1.95 bits per heavy atom. The fourth-order valence-corrected chi connectivity index (χ4v) is 1.85. The first-order valence-electron chi connectivity index (χ1n) is 7.18. The van der Waals surface area contributed by atoms with Crippen LogP contribution in [-0.2, 0) is 10.2 Å². The number of amides is 1. The van der Waals surface area contributed by atoms with Gasteiger partial charge in [0.25, 0.3) is 0 Å². The third-order valence-electron chi connectivity index (χ3n) is 3.82. The second kappa shape index (κ2) is 5.96. The first-order valence-corrected chi connectivity index (χ1v) is 7.18. The maximum absolute atomic E-state index is 12.1. The van der Waals surface area contributed by atoms with Gasteiger partial charge in [-0.1, -0.05) is 45.0 Å². The predicted octanol–water partition coefficient (Wildman–Crippen LogP) is 3.16. The van der Waals surface area contributed by atoms with Gasteiger partial charge in [0.05, 0.1) is 11.6 Å². The van der Waals surface area contributed by atoms with Crippen LogP contribution in [0.4, 0.5) is 0 Å². The van der Waals surface area contributed by atoms with Crippen LogP contribution in [0.25, 0.3) is 0 Å². The van der Waals surface area contributed by atoms with Gasteiger partial charge in [0.15, 0.2) is 0 Å². The monoisotopic (exact) mass is 276 g/mol. The molecule has 0 aliphatic heterocycles. The highest BCUT2D eigenvalue weighted by atomic mass is 16.2. The van der Waals surface area contributed by atoms with Crippen molar-refractivity contribution in [3.05, 3.63) is 35.4 Å².